The van der Waals surface area contributed by atoms with E-state index >= 15 is 0 Å². The fourth-order valence-corrected chi connectivity index (χ4v) is 1.63. The summed E-state index contributed by atoms with van der Waals surface area (Å²) >= 11 is 0. The summed E-state index contributed by atoms with van der Waals surface area (Å²) in [6.07, 6.45) is 0.910. The average Bonchev–Trinajstić information content (AvgIpc) is 2.58. The Bertz CT molecular complexity index is 473. The summed E-state index contributed by atoms with van der Waals surface area (Å²) < 4.78 is 0. The number of hydrogen-bond acceptors (Lipinski definition) is 3. The third-order valence-corrected chi connectivity index (χ3v) is 2.45. The molecular formula is C12H18N4. The van der Waals surface area contributed by atoms with E-state index in [9.17, 15) is 0 Å². The molecule has 2 aromatic rings. The Labute approximate surface area is 95.5 Å². The summed E-state index contributed by atoms with van der Waals surface area (Å²) in [6, 6.07) is 4.55. The zero-order valence-corrected chi connectivity index (χ0v) is 10.0. The van der Waals surface area contributed by atoms with Crippen LogP contribution in [0.5, 0.6) is 0 Å². The van der Waals surface area contributed by atoms with Gasteiger partial charge in [0.2, 0.25) is 0 Å². The van der Waals surface area contributed by atoms with Gasteiger partial charge in [-0.2, -0.15) is 0 Å². The number of rotatable bonds is 4. The molecule has 0 aliphatic carbocycles. The molecule has 16 heavy (non-hydrogen) atoms. The fourth-order valence-electron chi connectivity index (χ4n) is 1.63. The van der Waals surface area contributed by atoms with Crippen LogP contribution < -0.4 is 5.32 Å². The van der Waals surface area contributed by atoms with Gasteiger partial charge in [0.05, 0.1) is 5.52 Å². The van der Waals surface area contributed by atoms with Crippen molar-refractivity contribution < 1.29 is 0 Å². The van der Waals surface area contributed by atoms with Crippen LogP contribution in [0.25, 0.3) is 11.2 Å². The number of aromatic amines is 1. The molecule has 2 rings (SSSR count). The summed E-state index contributed by atoms with van der Waals surface area (Å²) in [7, 11) is 0. The van der Waals surface area contributed by atoms with Gasteiger partial charge in [-0.3, -0.25) is 0 Å². The third-order valence-electron chi connectivity index (χ3n) is 2.45. The van der Waals surface area contributed by atoms with Crippen molar-refractivity contribution in [3.63, 3.8) is 0 Å². The maximum atomic E-state index is 4.46. The van der Waals surface area contributed by atoms with Crippen LogP contribution in [0, 0.1) is 6.92 Å². The van der Waals surface area contributed by atoms with Crippen LogP contribution in [0.4, 0.5) is 0 Å². The van der Waals surface area contributed by atoms with Crippen LogP contribution in [0.2, 0.25) is 0 Å². The average molecular weight is 218 g/mol. The summed E-state index contributed by atoms with van der Waals surface area (Å²) in [4.78, 5) is 12.1. The second kappa shape index (κ2) is 4.61. The number of nitrogens with zero attached hydrogens (tertiary/aromatic N) is 2. The van der Waals surface area contributed by atoms with Gasteiger partial charge < -0.3 is 10.3 Å². The Hall–Kier alpha value is -1.42. The highest BCUT2D eigenvalue weighted by Crippen LogP contribution is 2.09. The monoisotopic (exact) mass is 218 g/mol. The van der Waals surface area contributed by atoms with E-state index in [1.54, 1.807) is 0 Å². The molecule has 0 atom stereocenters. The molecule has 0 aliphatic rings. The predicted octanol–water partition coefficient (Wildman–Crippen LogP) is 1.81. The number of fused-ring (bicyclic) bond motifs is 1. The number of aryl methyl sites for hydroxylation is 1. The largest absolute Gasteiger partial charge is 0.341 e. The van der Waals surface area contributed by atoms with Crippen molar-refractivity contribution in [2.45, 2.75) is 33.2 Å². The molecular weight excluding hydrogens is 200 g/mol. The lowest BCUT2D eigenvalue weighted by Gasteiger charge is -2.05. The minimum atomic E-state index is 0.518. The Kier molecular flexibility index (Phi) is 3.19. The number of nitrogens with one attached hydrogen (secondary N) is 2. The molecule has 4 nitrogen and oxygen atoms in total. The normalized spacial score (nSPS) is 11.5. The maximum Gasteiger partial charge on any atom is 0.177 e. The van der Waals surface area contributed by atoms with E-state index in [1.165, 1.54) is 0 Å². The summed E-state index contributed by atoms with van der Waals surface area (Å²) in [5.41, 5.74) is 2.84. The Morgan fingerprint density at radius 1 is 1.31 bits per heavy atom. The van der Waals surface area contributed by atoms with Crippen molar-refractivity contribution in [1.29, 1.82) is 0 Å². The van der Waals surface area contributed by atoms with Gasteiger partial charge in [0.25, 0.3) is 0 Å². The standard InChI is InChI=1S/C12H18N4/c1-8(2)13-7-6-11-15-10-5-4-9(3)14-12(10)16-11/h4-5,8,13H,6-7H2,1-3H3,(H,14,15,16). The highest BCUT2D eigenvalue weighted by atomic mass is 15.0. The molecule has 2 heterocycles. The van der Waals surface area contributed by atoms with Crippen LogP contribution in [-0.4, -0.2) is 27.5 Å². The van der Waals surface area contributed by atoms with Gasteiger partial charge in [0, 0.05) is 24.7 Å². The highest BCUT2D eigenvalue weighted by Gasteiger charge is 2.03. The fraction of sp³-hybridized carbons (Fsp3) is 0.500. The molecule has 2 N–H and O–H groups in total. The van der Waals surface area contributed by atoms with E-state index < -0.39 is 0 Å². The minimum Gasteiger partial charge on any atom is -0.341 e. The minimum absolute atomic E-state index is 0.518. The van der Waals surface area contributed by atoms with Crippen LogP contribution in [0.1, 0.15) is 25.4 Å². The Morgan fingerprint density at radius 2 is 2.12 bits per heavy atom. The molecule has 2 aromatic heterocycles. The number of pyridine rings is 1. The molecule has 0 unspecified atom stereocenters. The lowest BCUT2D eigenvalue weighted by molar-refractivity contribution is 0.585. The van der Waals surface area contributed by atoms with Crippen molar-refractivity contribution in [1.82, 2.24) is 20.3 Å². The van der Waals surface area contributed by atoms with Gasteiger partial charge in [-0.15, -0.1) is 0 Å². The number of imidazole rings is 1. The lowest BCUT2D eigenvalue weighted by Crippen LogP contribution is -2.25. The molecule has 0 saturated heterocycles. The molecule has 86 valence electrons. The molecule has 4 heteroatoms. The van der Waals surface area contributed by atoms with Crippen LogP contribution in [0.3, 0.4) is 0 Å². The zero-order valence-electron chi connectivity index (χ0n) is 10.0. The number of H-pyrrole nitrogens is 1. The number of aromatic nitrogens is 3. The second-order valence-electron chi connectivity index (χ2n) is 4.37. The van der Waals surface area contributed by atoms with E-state index in [4.69, 9.17) is 0 Å². The molecule has 0 radical (unpaired) electrons. The topological polar surface area (TPSA) is 53.6 Å². The SMILES string of the molecule is Cc1ccc2[nH]c(CCNC(C)C)nc2n1. The van der Waals surface area contributed by atoms with Crippen molar-refractivity contribution in [2.75, 3.05) is 6.54 Å². The summed E-state index contributed by atoms with van der Waals surface area (Å²) in [6.45, 7) is 7.21. The first-order valence-electron chi connectivity index (χ1n) is 5.71. The Morgan fingerprint density at radius 3 is 2.88 bits per heavy atom. The molecule has 0 spiro atoms. The maximum absolute atomic E-state index is 4.46. The number of hydrogen-bond donors (Lipinski definition) is 2. The van der Waals surface area contributed by atoms with Crippen molar-refractivity contribution in [3.8, 4) is 0 Å². The third kappa shape index (κ3) is 2.58. The molecule has 0 aromatic carbocycles. The molecule has 0 fully saturated rings. The van der Waals surface area contributed by atoms with Gasteiger partial charge in [0.15, 0.2) is 5.65 Å². The quantitative estimate of drug-likeness (QED) is 0.823. The smallest absolute Gasteiger partial charge is 0.177 e. The van der Waals surface area contributed by atoms with Crippen molar-refractivity contribution in [2.24, 2.45) is 0 Å². The highest BCUT2D eigenvalue weighted by molar-refractivity contribution is 5.70. The van der Waals surface area contributed by atoms with E-state index in [-0.39, 0.29) is 0 Å². The van der Waals surface area contributed by atoms with Gasteiger partial charge in [-0.05, 0) is 19.1 Å². The zero-order chi connectivity index (χ0) is 11.5. The van der Waals surface area contributed by atoms with Crippen LogP contribution in [-0.2, 0) is 6.42 Å². The Balaban J connectivity index is 2.08. The molecule has 0 bridgehead atoms. The van der Waals surface area contributed by atoms with Crippen LogP contribution in [0.15, 0.2) is 12.1 Å². The van der Waals surface area contributed by atoms with Gasteiger partial charge in [-0.1, -0.05) is 13.8 Å². The summed E-state index contributed by atoms with van der Waals surface area (Å²) in [5, 5.41) is 3.37. The first kappa shape index (κ1) is 11.1. The van der Waals surface area contributed by atoms with Crippen molar-refractivity contribution >= 4 is 11.2 Å². The first-order valence-corrected chi connectivity index (χ1v) is 5.71. The van der Waals surface area contributed by atoms with Crippen molar-refractivity contribution in [3.05, 3.63) is 23.7 Å². The molecule has 0 saturated carbocycles. The van der Waals surface area contributed by atoms with Gasteiger partial charge >= 0.3 is 0 Å². The lowest BCUT2D eigenvalue weighted by atomic mass is 10.3. The van der Waals surface area contributed by atoms with E-state index in [1.807, 2.05) is 19.1 Å². The van der Waals surface area contributed by atoms with Crippen LogP contribution >= 0.6 is 0 Å². The van der Waals surface area contributed by atoms with Gasteiger partial charge in [0.1, 0.15) is 5.82 Å². The van der Waals surface area contributed by atoms with E-state index in [0.717, 1.165) is 35.6 Å². The first-order chi connectivity index (χ1) is 7.65. The molecule has 0 aliphatic heterocycles. The predicted molar refractivity (Wildman–Crippen MR) is 65.5 cm³/mol. The van der Waals surface area contributed by atoms with E-state index in [2.05, 4.69) is 34.1 Å². The van der Waals surface area contributed by atoms with E-state index in [0.29, 0.717) is 6.04 Å². The second-order valence-corrected chi connectivity index (χ2v) is 4.37. The summed E-state index contributed by atoms with van der Waals surface area (Å²) in [5.74, 6) is 1.00. The molecule has 0 amide bonds. The van der Waals surface area contributed by atoms with Gasteiger partial charge in [-0.25, -0.2) is 9.97 Å².